The van der Waals surface area contributed by atoms with E-state index in [0.717, 1.165) is 0 Å². The van der Waals surface area contributed by atoms with E-state index in [-0.39, 0.29) is 23.7 Å². The fourth-order valence-electron chi connectivity index (χ4n) is 2.33. The van der Waals surface area contributed by atoms with E-state index < -0.39 is 47.9 Å². The van der Waals surface area contributed by atoms with Crippen molar-refractivity contribution in [2.24, 2.45) is 35.1 Å². The van der Waals surface area contributed by atoms with Gasteiger partial charge in [0.1, 0.15) is 12.1 Å². The highest BCUT2D eigenvalue weighted by Gasteiger charge is 2.34. The number of nitrogens with one attached hydrogen (secondary N) is 2. The molecule has 0 bridgehead atoms. The molecule has 0 unspecified atom stereocenters. The van der Waals surface area contributed by atoms with Gasteiger partial charge in [0, 0.05) is 0 Å². The molecule has 0 heterocycles. The molecular weight excluding hydrogens is 376 g/mol. The summed E-state index contributed by atoms with van der Waals surface area (Å²) in [6, 6.07) is -3.67. The molecule has 2 amide bonds. The molecule has 0 aromatic heterocycles. The number of esters is 2. The van der Waals surface area contributed by atoms with Crippen LogP contribution in [0.2, 0.25) is 0 Å². The molecule has 168 valence electrons. The zero-order chi connectivity index (χ0) is 23.0. The first kappa shape index (κ1) is 27.0. The predicted octanol–water partition coefficient (Wildman–Crippen LogP) is 0.304. The van der Waals surface area contributed by atoms with E-state index in [1.165, 1.54) is 0 Å². The minimum atomic E-state index is -1.04. The van der Waals surface area contributed by atoms with Crippen LogP contribution in [0.4, 0.5) is 0 Å². The minimum absolute atomic E-state index is 0.119. The van der Waals surface area contributed by atoms with Gasteiger partial charge in [-0.2, -0.15) is 0 Å². The molecule has 4 atom stereocenters. The first-order valence-corrected chi connectivity index (χ1v) is 10.1. The molecule has 6 N–H and O–H groups in total. The van der Waals surface area contributed by atoms with Gasteiger partial charge in [0.25, 0.3) is 0 Å². The predicted molar refractivity (Wildman–Crippen MR) is 110 cm³/mol. The number of nitrogens with two attached hydrogens (primary N) is 2. The molecule has 29 heavy (non-hydrogen) atoms. The molecule has 9 nitrogen and oxygen atoms in total. The smallest absolute Gasteiger partial charge is 0.336 e. The maximum absolute atomic E-state index is 12.5. The van der Waals surface area contributed by atoms with Gasteiger partial charge in [-0.05, 0) is 23.7 Å². The number of amides is 2. The Balaban J connectivity index is 5.24. The summed E-state index contributed by atoms with van der Waals surface area (Å²) in [5.74, 6) is -3.71. The number of hydrogen-bond donors (Lipinski definition) is 4. The fraction of sp³-hybridized carbons (Fsp3) is 0.800. The summed E-state index contributed by atoms with van der Waals surface area (Å²) in [7, 11) is 0. The van der Waals surface area contributed by atoms with Crippen LogP contribution in [0.5, 0.6) is 0 Å². The quantitative estimate of drug-likeness (QED) is 0.296. The van der Waals surface area contributed by atoms with Crippen LogP contribution in [-0.4, -0.2) is 47.9 Å². The molecule has 9 heteroatoms. The Labute approximate surface area is 173 Å². The third-order valence-corrected chi connectivity index (χ3v) is 4.68. The summed E-state index contributed by atoms with van der Waals surface area (Å²) >= 11 is 0. The van der Waals surface area contributed by atoms with Gasteiger partial charge >= 0.3 is 11.9 Å². The van der Waals surface area contributed by atoms with Gasteiger partial charge in [0.05, 0.1) is 12.1 Å². The zero-order valence-electron chi connectivity index (χ0n) is 18.8. The van der Waals surface area contributed by atoms with Crippen molar-refractivity contribution < 1.29 is 23.9 Å². The van der Waals surface area contributed by atoms with Crippen molar-refractivity contribution in [3.63, 3.8) is 0 Å². The Morgan fingerprint density at radius 1 is 0.586 bits per heavy atom. The zero-order valence-corrected chi connectivity index (χ0v) is 18.8. The Bertz CT molecular complexity index is 539. The topological polar surface area (TPSA) is 154 Å². The van der Waals surface area contributed by atoms with Crippen LogP contribution in [0.15, 0.2) is 0 Å². The molecule has 0 spiro atoms. The summed E-state index contributed by atoms with van der Waals surface area (Å²) in [5, 5.41) is 5.09. The number of carbonyl (C=O) groups excluding carboxylic acids is 4. The maximum Gasteiger partial charge on any atom is 0.336 e. The van der Waals surface area contributed by atoms with E-state index in [2.05, 4.69) is 10.6 Å². The van der Waals surface area contributed by atoms with Crippen molar-refractivity contribution in [2.75, 3.05) is 0 Å². The lowest BCUT2D eigenvalue weighted by Crippen LogP contribution is -2.55. The molecule has 0 radical (unpaired) electrons. The van der Waals surface area contributed by atoms with Gasteiger partial charge in [-0.3, -0.25) is 9.59 Å². The molecule has 0 rings (SSSR count). The van der Waals surface area contributed by atoms with E-state index in [4.69, 9.17) is 16.2 Å². The summed E-state index contributed by atoms with van der Waals surface area (Å²) in [4.78, 5) is 49.5. The van der Waals surface area contributed by atoms with E-state index in [1.54, 1.807) is 55.4 Å². The number of ether oxygens (including phenoxy) is 1. The van der Waals surface area contributed by atoms with Gasteiger partial charge in [-0.1, -0.05) is 55.4 Å². The molecule has 0 aliphatic rings. The van der Waals surface area contributed by atoms with Gasteiger partial charge in [0.2, 0.25) is 11.8 Å². The molecule has 0 aromatic carbocycles. The summed E-state index contributed by atoms with van der Waals surface area (Å²) in [6.45, 7) is 14.0. The number of hydrogen-bond acceptors (Lipinski definition) is 7. The molecule has 0 aliphatic carbocycles. The largest absolute Gasteiger partial charge is 0.390 e. The van der Waals surface area contributed by atoms with E-state index in [9.17, 15) is 19.2 Å². The number of rotatable bonds is 10. The summed E-state index contributed by atoms with van der Waals surface area (Å²) in [5.41, 5.74) is 11.6. The van der Waals surface area contributed by atoms with Crippen molar-refractivity contribution in [3.8, 4) is 0 Å². The van der Waals surface area contributed by atoms with Gasteiger partial charge in [-0.15, -0.1) is 0 Å². The molecule has 0 fully saturated rings. The van der Waals surface area contributed by atoms with E-state index in [0.29, 0.717) is 0 Å². The third kappa shape index (κ3) is 8.49. The molecule has 0 aliphatic heterocycles. The third-order valence-electron chi connectivity index (χ3n) is 4.68. The number of carbonyl (C=O) groups is 4. The molecule has 0 saturated carbocycles. The lowest BCUT2D eigenvalue weighted by molar-refractivity contribution is -0.165. The molecular formula is C20H38N4O5. The van der Waals surface area contributed by atoms with Crippen LogP contribution in [0.3, 0.4) is 0 Å². The Morgan fingerprint density at radius 2 is 0.862 bits per heavy atom. The van der Waals surface area contributed by atoms with Crippen LogP contribution in [0.1, 0.15) is 55.4 Å². The highest BCUT2D eigenvalue weighted by Crippen LogP contribution is 2.10. The first-order chi connectivity index (χ1) is 13.2. The monoisotopic (exact) mass is 414 g/mol. The Hall–Kier alpha value is -2.00. The average molecular weight is 415 g/mol. The van der Waals surface area contributed by atoms with Crippen molar-refractivity contribution in [2.45, 2.75) is 79.6 Å². The van der Waals surface area contributed by atoms with Crippen molar-refractivity contribution >= 4 is 23.8 Å². The summed E-state index contributed by atoms with van der Waals surface area (Å²) < 4.78 is 4.99. The van der Waals surface area contributed by atoms with Crippen LogP contribution < -0.4 is 22.1 Å². The average Bonchev–Trinajstić information content (AvgIpc) is 2.60. The van der Waals surface area contributed by atoms with E-state index >= 15 is 0 Å². The van der Waals surface area contributed by atoms with Crippen LogP contribution in [-0.2, 0) is 23.9 Å². The maximum atomic E-state index is 12.5. The highest BCUT2D eigenvalue weighted by molar-refractivity contribution is 5.95. The van der Waals surface area contributed by atoms with Crippen LogP contribution in [0, 0.1) is 23.7 Å². The summed E-state index contributed by atoms with van der Waals surface area (Å²) in [6.07, 6.45) is 0. The lowest BCUT2D eigenvalue weighted by atomic mass is 10.00. The van der Waals surface area contributed by atoms with Gasteiger partial charge < -0.3 is 26.8 Å². The van der Waals surface area contributed by atoms with Gasteiger partial charge in [-0.25, -0.2) is 9.59 Å². The van der Waals surface area contributed by atoms with Gasteiger partial charge in [0.15, 0.2) is 0 Å². The molecule has 0 saturated heterocycles. The van der Waals surface area contributed by atoms with Crippen molar-refractivity contribution in [3.05, 3.63) is 0 Å². The normalized spacial score (nSPS) is 15.8. The van der Waals surface area contributed by atoms with Crippen LogP contribution >= 0.6 is 0 Å². The van der Waals surface area contributed by atoms with Crippen molar-refractivity contribution in [1.29, 1.82) is 0 Å². The second kappa shape index (κ2) is 11.9. The SMILES string of the molecule is CC(C)[C@H](N)C(=O)N[C@H](C(=O)OC(=O)[C@@H](NC(=O)[C@@H](N)C(C)C)C(C)C)C(C)C. The Morgan fingerprint density at radius 3 is 1.07 bits per heavy atom. The van der Waals surface area contributed by atoms with Crippen LogP contribution in [0.25, 0.3) is 0 Å². The minimum Gasteiger partial charge on any atom is -0.390 e. The second-order valence-electron chi connectivity index (χ2n) is 8.74. The standard InChI is InChI=1S/C20H38N4O5/c1-9(2)13(21)17(25)23-15(11(5)6)19(27)29-20(28)16(12(7)8)24-18(26)14(22)10(3)4/h9-16H,21-22H2,1-8H3,(H,23,25)(H,24,26)/t13-,14-,15-,16-/m0/s1. The Kier molecular flexibility index (Phi) is 11.1. The fourth-order valence-corrected chi connectivity index (χ4v) is 2.33. The second-order valence-corrected chi connectivity index (χ2v) is 8.74. The first-order valence-electron chi connectivity index (χ1n) is 10.1. The van der Waals surface area contributed by atoms with E-state index in [1.807, 2.05) is 0 Å². The van der Waals surface area contributed by atoms with Crippen molar-refractivity contribution in [1.82, 2.24) is 10.6 Å². The lowest BCUT2D eigenvalue weighted by Gasteiger charge is -2.26. The highest BCUT2D eigenvalue weighted by atomic mass is 16.6. The molecule has 0 aromatic rings.